The third-order valence-electron chi connectivity index (χ3n) is 2.27. The average molecular weight is 334 g/mol. The van der Waals surface area contributed by atoms with Gasteiger partial charge in [-0.15, -0.1) is 0 Å². The van der Waals surface area contributed by atoms with Crippen LogP contribution in [0, 0.1) is 0 Å². The molecule has 1 aromatic rings. The molecule has 0 fully saturated rings. The number of rotatable bonds is 4. The van der Waals surface area contributed by atoms with Crippen molar-refractivity contribution in [3.05, 3.63) is 33.3 Å². The van der Waals surface area contributed by atoms with Crippen molar-refractivity contribution in [1.29, 1.82) is 0 Å². The summed E-state index contributed by atoms with van der Waals surface area (Å²) in [4.78, 5) is 24.8. The summed E-state index contributed by atoms with van der Waals surface area (Å²) in [7, 11) is 1.58. The van der Waals surface area contributed by atoms with Crippen molar-refractivity contribution in [1.82, 2.24) is 10.2 Å². The van der Waals surface area contributed by atoms with Crippen LogP contribution in [0.15, 0.2) is 22.7 Å². The largest absolute Gasteiger partial charge is 0.355 e. The first-order chi connectivity index (χ1) is 8.45. The first-order valence-electron chi connectivity index (χ1n) is 5.43. The fraction of sp³-hybridized carbons (Fsp3) is 0.333. The van der Waals surface area contributed by atoms with E-state index in [1.807, 2.05) is 6.92 Å². The summed E-state index contributed by atoms with van der Waals surface area (Å²) in [6.07, 6.45) is 0. The van der Waals surface area contributed by atoms with Crippen molar-refractivity contribution in [2.75, 3.05) is 20.1 Å². The van der Waals surface area contributed by atoms with Crippen LogP contribution >= 0.6 is 27.5 Å². The molecule has 0 radical (unpaired) electrons. The molecule has 0 heterocycles. The molecule has 18 heavy (non-hydrogen) atoms. The summed E-state index contributed by atoms with van der Waals surface area (Å²) in [5.74, 6) is -0.403. The Hall–Kier alpha value is -1.07. The second kappa shape index (κ2) is 6.75. The number of nitrogens with zero attached hydrogens (tertiary/aromatic N) is 1. The van der Waals surface area contributed by atoms with Gasteiger partial charge in [0.15, 0.2) is 0 Å². The van der Waals surface area contributed by atoms with E-state index in [2.05, 4.69) is 21.2 Å². The van der Waals surface area contributed by atoms with Crippen molar-refractivity contribution in [3.8, 4) is 0 Å². The Bertz CT molecular complexity index is 465. The van der Waals surface area contributed by atoms with Gasteiger partial charge in [-0.05, 0) is 41.1 Å². The van der Waals surface area contributed by atoms with Crippen LogP contribution in [0.4, 0.5) is 0 Å². The molecular formula is C12H14BrClN2O2. The van der Waals surface area contributed by atoms with Gasteiger partial charge in [-0.1, -0.05) is 11.6 Å². The van der Waals surface area contributed by atoms with Crippen LogP contribution in [0.3, 0.4) is 0 Å². The number of likely N-dealkylation sites (N-methyl/N-ethyl adjacent to an activating group) is 2. The Morgan fingerprint density at radius 3 is 2.67 bits per heavy atom. The lowest BCUT2D eigenvalue weighted by atomic mass is 10.2. The van der Waals surface area contributed by atoms with Crippen molar-refractivity contribution in [3.63, 3.8) is 0 Å². The lowest BCUT2D eigenvalue weighted by molar-refractivity contribution is -0.121. The highest BCUT2D eigenvalue weighted by atomic mass is 79.9. The quantitative estimate of drug-likeness (QED) is 0.919. The molecule has 0 saturated heterocycles. The summed E-state index contributed by atoms with van der Waals surface area (Å²) >= 11 is 9.11. The molecule has 0 atom stereocenters. The molecule has 0 saturated carbocycles. The Balaban J connectivity index is 2.74. The number of carbonyl (C=O) groups is 2. The molecule has 0 aliphatic carbocycles. The monoisotopic (exact) mass is 332 g/mol. The SMILES string of the molecule is CCNC(=O)CN(C)C(=O)c1ccc(Cl)c(Br)c1. The van der Waals surface area contributed by atoms with Crippen molar-refractivity contribution >= 4 is 39.3 Å². The van der Waals surface area contributed by atoms with E-state index in [4.69, 9.17) is 11.6 Å². The number of benzene rings is 1. The summed E-state index contributed by atoms with van der Waals surface area (Å²) in [6.45, 7) is 2.41. The normalized spacial score (nSPS) is 10.0. The van der Waals surface area contributed by atoms with Crippen LogP contribution in [0.25, 0.3) is 0 Å². The zero-order valence-corrected chi connectivity index (χ0v) is 12.5. The molecule has 1 rings (SSSR count). The molecule has 4 nitrogen and oxygen atoms in total. The maximum Gasteiger partial charge on any atom is 0.254 e. The smallest absolute Gasteiger partial charge is 0.254 e. The first kappa shape index (κ1) is 15.0. The van der Waals surface area contributed by atoms with Crippen molar-refractivity contribution in [2.24, 2.45) is 0 Å². The lowest BCUT2D eigenvalue weighted by Gasteiger charge is -2.16. The Morgan fingerprint density at radius 1 is 1.44 bits per heavy atom. The predicted molar refractivity (Wildman–Crippen MR) is 74.8 cm³/mol. The standard InChI is InChI=1S/C12H14BrClN2O2/c1-3-15-11(17)7-16(2)12(18)8-4-5-10(14)9(13)6-8/h4-6H,3,7H2,1-2H3,(H,15,17). The first-order valence-corrected chi connectivity index (χ1v) is 6.60. The molecule has 0 bridgehead atoms. The number of amides is 2. The molecular weight excluding hydrogens is 320 g/mol. The molecule has 0 unspecified atom stereocenters. The van der Waals surface area contributed by atoms with Gasteiger partial charge in [0.25, 0.3) is 5.91 Å². The minimum atomic E-state index is -0.224. The van der Waals surface area contributed by atoms with Gasteiger partial charge in [0.1, 0.15) is 0 Å². The molecule has 0 aliphatic heterocycles. The van der Waals surface area contributed by atoms with Gasteiger partial charge >= 0.3 is 0 Å². The predicted octanol–water partition coefficient (Wildman–Crippen LogP) is 2.31. The summed E-state index contributed by atoms with van der Waals surface area (Å²) < 4.78 is 0.654. The summed E-state index contributed by atoms with van der Waals surface area (Å²) in [5, 5.41) is 3.18. The molecule has 0 aliphatic rings. The minimum absolute atomic E-state index is 0.0346. The number of nitrogens with one attached hydrogen (secondary N) is 1. The fourth-order valence-electron chi connectivity index (χ4n) is 1.39. The van der Waals surface area contributed by atoms with E-state index in [1.54, 1.807) is 25.2 Å². The van der Waals surface area contributed by atoms with Gasteiger partial charge in [0.05, 0.1) is 11.6 Å². The van der Waals surface area contributed by atoms with Crippen LogP contribution < -0.4 is 5.32 Å². The molecule has 0 aromatic heterocycles. The zero-order valence-electron chi connectivity index (χ0n) is 10.2. The maximum absolute atomic E-state index is 12.0. The van der Waals surface area contributed by atoms with Crippen LogP contribution in [-0.4, -0.2) is 36.9 Å². The second-order valence-electron chi connectivity index (χ2n) is 3.74. The van der Waals surface area contributed by atoms with Gasteiger partial charge in [0.2, 0.25) is 5.91 Å². The van der Waals surface area contributed by atoms with Crippen molar-refractivity contribution < 1.29 is 9.59 Å². The fourth-order valence-corrected chi connectivity index (χ4v) is 1.89. The van der Waals surface area contributed by atoms with Crippen LogP contribution in [-0.2, 0) is 4.79 Å². The van der Waals surface area contributed by atoms with E-state index in [0.717, 1.165) is 0 Å². The molecule has 1 N–H and O–H groups in total. The Labute approximate surface area is 119 Å². The minimum Gasteiger partial charge on any atom is -0.355 e. The van der Waals surface area contributed by atoms with Gasteiger partial charge in [-0.25, -0.2) is 0 Å². The summed E-state index contributed by atoms with van der Waals surface area (Å²) in [6, 6.07) is 4.90. The highest BCUT2D eigenvalue weighted by molar-refractivity contribution is 9.10. The maximum atomic E-state index is 12.0. The zero-order chi connectivity index (χ0) is 13.7. The van der Waals surface area contributed by atoms with Gasteiger partial charge in [0, 0.05) is 23.6 Å². The van der Waals surface area contributed by atoms with E-state index >= 15 is 0 Å². The molecule has 6 heteroatoms. The Morgan fingerprint density at radius 2 is 2.11 bits per heavy atom. The Kier molecular flexibility index (Phi) is 5.62. The third-order valence-corrected chi connectivity index (χ3v) is 3.48. The number of hydrogen-bond donors (Lipinski definition) is 1. The molecule has 1 aromatic carbocycles. The number of carbonyl (C=O) groups excluding carboxylic acids is 2. The highest BCUT2D eigenvalue weighted by Crippen LogP contribution is 2.23. The van der Waals surface area contributed by atoms with Crippen LogP contribution in [0.2, 0.25) is 5.02 Å². The lowest BCUT2D eigenvalue weighted by Crippen LogP contribution is -2.38. The van der Waals surface area contributed by atoms with E-state index in [1.165, 1.54) is 4.90 Å². The third kappa shape index (κ3) is 3.99. The summed E-state index contributed by atoms with van der Waals surface area (Å²) in [5.41, 5.74) is 0.484. The van der Waals surface area contributed by atoms with E-state index in [9.17, 15) is 9.59 Å². The molecule has 0 spiro atoms. The van der Waals surface area contributed by atoms with Crippen LogP contribution in [0.5, 0.6) is 0 Å². The molecule has 98 valence electrons. The van der Waals surface area contributed by atoms with Gasteiger partial charge in [-0.2, -0.15) is 0 Å². The average Bonchev–Trinajstić information content (AvgIpc) is 2.32. The topological polar surface area (TPSA) is 49.4 Å². The van der Waals surface area contributed by atoms with E-state index in [0.29, 0.717) is 21.6 Å². The van der Waals surface area contributed by atoms with Crippen molar-refractivity contribution in [2.45, 2.75) is 6.92 Å². The number of halogens is 2. The highest BCUT2D eigenvalue weighted by Gasteiger charge is 2.15. The van der Waals surface area contributed by atoms with E-state index < -0.39 is 0 Å². The van der Waals surface area contributed by atoms with E-state index in [-0.39, 0.29) is 18.4 Å². The van der Waals surface area contributed by atoms with Gasteiger partial charge in [-0.3, -0.25) is 9.59 Å². The van der Waals surface area contributed by atoms with Gasteiger partial charge < -0.3 is 10.2 Å². The number of hydrogen-bond acceptors (Lipinski definition) is 2. The van der Waals surface area contributed by atoms with Crippen LogP contribution in [0.1, 0.15) is 17.3 Å². The molecule has 2 amide bonds. The second-order valence-corrected chi connectivity index (χ2v) is 5.01.